The molecule has 0 aromatic heterocycles. The van der Waals surface area contributed by atoms with Crippen LogP contribution in [0.15, 0.2) is 0 Å². The molecule has 0 aliphatic heterocycles. The van der Waals surface area contributed by atoms with Crippen molar-refractivity contribution >= 4 is 11.9 Å². The van der Waals surface area contributed by atoms with Crippen LogP contribution in [0.1, 0.15) is 33.6 Å². The van der Waals surface area contributed by atoms with Crippen LogP contribution in [0.5, 0.6) is 0 Å². The minimum Gasteiger partial charge on any atom is -0.444 e. The minimum atomic E-state index is -0.517. The van der Waals surface area contributed by atoms with Gasteiger partial charge in [0.25, 0.3) is 0 Å². The Morgan fingerprint density at radius 2 is 1.88 bits per heavy atom. The fraction of sp³-hybridized carbons (Fsp3) is 0.833. The van der Waals surface area contributed by atoms with Gasteiger partial charge in [0.1, 0.15) is 12.2 Å². The largest absolute Gasteiger partial charge is 0.444 e. The number of rotatable bonds is 5. The maximum Gasteiger partial charge on any atom is 0.407 e. The van der Waals surface area contributed by atoms with Crippen molar-refractivity contribution in [3.8, 4) is 0 Å². The predicted molar refractivity (Wildman–Crippen MR) is 62.8 cm³/mol. The van der Waals surface area contributed by atoms with E-state index in [1.807, 2.05) is 0 Å². The van der Waals surface area contributed by atoms with Crippen molar-refractivity contribution in [3.05, 3.63) is 0 Å². The maximum atomic E-state index is 11.7. The topological polar surface area (TPSA) is 64.6 Å². The van der Waals surface area contributed by atoms with E-state index >= 15 is 0 Å². The number of nitrogens with one attached hydrogen (secondary N) is 1. The molecular weight excluding hydrogens is 222 g/mol. The number of Topliss-reactive ketones (excluding diaryl/α,β-unsaturated/α-hetero) is 1. The van der Waals surface area contributed by atoms with E-state index in [1.54, 1.807) is 20.8 Å². The van der Waals surface area contributed by atoms with Crippen molar-refractivity contribution in [1.29, 1.82) is 0 Å². The Morgan fingerprint density at radius 1 is 1.29 bits per heavy atom. The molecule has 1 N–H and O–H groups in total. The molecule has 0 atom stereocenters. The van der Waals surface area contributed by atoms with Gasteiger partial charge in [-0.3, -0.25) is 4.79 Å². The average Bonchev–Trinajstić information content (AvgIpc) is 2.93. The summed E-state index contributed by atoms with van der Waals surface area (Å²) in [6.07, 6.45) is 1.14. The van der Waals surface area contributed by atoms with E-state index in [0.29, 0.717) is 6.54 Å². The van der Waals surface area contributed by atoms with E-state index in [0.717, 1.165) is 12.8 Å². The third kappa shape index (κ3) is 4.34. The summed E-state index contributed by atoms with van der Waals surface area (Å²) in [5.41, 5.74) is -0.926. The van der Waals surface area contributed by atoms with Gasteiger partial charge < -0.3 is 14.8 Å². The SMILES string of the molecule is COCC(=O)C1(CNC(=O)OC(C)(C)C)CC1. The molecule has 0 heterocycles. The van der Waals surface area contributed by atoms with Crippen molar-refractivity contribution in [1.82, 2.24) is 5.32 Å². The molecule has 98 valence electrons. The van der Waals surface area contributed by atoms with Crippen LogP contribution in [0.3, 0.4) is 0 Å². The Labute approximate surface area is 102 Å². The number of ketones is 1. The van der Waals surface area contributed by atoms with Gasteiger partial charge in [-0.15, -0.1) is 0 Å². The summed E-state index contributed by atoms with van der Waals surface area (Å²) in [6.45, 7) is 5.85. The summed E-state index contributed by atoms with van der Waals surface area (Å²) in [5.74, 6) is 0.0519. The summed E-state index contributed by atoms with van der Waals surface area (Å²) in [7, 11) is 1.50. The molecular formula is C12H21NO4. The Kier molecular flexibility index (Phi) is 4.14. The second kappa shape index (κ2) is 5.04. The van der Waals surface area contributed by atoms with E-state index in [4.69, 9.17) is 9.47 Å². The van der Waals surface area contributed by atoms with Gasteiger partial charge in [0.15, 0.2) is 5.78 Å². The highest BCUT2D eigenvalue weighted by Gasteiger charge is 2.49. The lowest BCUT2D eigenvalue weighted by molar-refractivity contribution is -0.127. The van der Waals surface area contributed by atoms with Crippen molar-refractivity contribution in [3.63, 3.8) is 0 Å². The molecule has 1 saturated carbocycles. The fourth-order valence-electron chi connectivity index (χ4n) is 1.54. The Hall–Kier alpha value is -1.10. The van der Waals surface area contributed by atoms with E-state index in [-0.39, 0.29) is 12.4 Å². The molecule has 0 aromatic rings. The van der Waals surface area contributed by atoms with Gasteiger partial charge in [-0.05, 0) is 33.6 Å². The van der Waals surface area contributed by atoms with Crippen molar-refractivity contribution < 1.29 is 19.1 Å². The quantitative estimate of drug-likeness (QED) is 0.795. The van der Waals surface area contributed by atoms with Gasteiger partial charge >= 0.3 is 6.09 Å². The number of carbonyl (C=O) groups is 2. The lowest BCUT2D eigenvalue weighted by Crippen LogP contribution is -2.38. The number of hydrogen-bond donors (Lipinski definition) is 1. The second-order valence-corrected chi connectivity index (χ2v) is 5.49. The smallest absolute Gasteiger partial charge is 0.407 e. The van der Waals surface area contributed by atoms with Gasteiger partial charge in [-0.1, -0.05) is 0 Å². The molecule has 0 bridgehead atoms. The highest BCUT2D eigenvalue weighted by Crippen LogP contribution is 2.45. The van der Waals surface area contributed by atoms with Crippen molar-refractivity contribution in [2.24, 2.45) is 5.41 Å². The third-order valence-corrected chi connectivity index (χ3v) is 2.69. The molecule has 5 heteroatoms. The summed E-state index contributed by atoms with van der Waals surface area (Å²) >= 11 is 0. The molecule has 0 unspecified atom stereocenters. The van der Waals surface area contributed by atoms with Crippen molar-refractivity contribution in [2.45, 2.75) is 39.2 Å². The number of ether oxygens (including phenoxy) is 2. The van der Waals surface area contributed by atoms with Crippen LogP contribution in [0.25, 0.3) is 0 Å². The van der Waals surface area contributed by atoms with Gasteiger partial charge in [0, 0.05) is 19.1 Å². The van der Waals surface area contributed by atoms with E-state index in [2.05, 4.69) is 5.32 Å². The van der Waals surface area contributed by atoms with Gasteiger partial charge in [-0.2, -0.15) is 0 Å². The van der Waals surface area contributed by atoms with Crippen LogP contribution in [0, 0.1) is 5.41 Å². The van der Waals surface area contributed by atoms with Crippen LogP contribution < -0.4 is 5.32 Å². The molecule has 0 spiro atoms. The fourth-order valence-corrected chi connectivity index (χ4v) is 1.54. The minimum absolute atomic E-state index is 0.0519. The number of carbonyl (C=O) groups excluding carboxylic acids is 2. The molecule has 0 saturated heterocycles. The number of amides is 1. The molecule has 0 aromatic carbocycles. The van der Waals surface area contributed by atoms with Crippen LogP contribution in [-0.2, 0) is 14.3 Å². The maximum absolute atomic E-state index is 11.7. The van der Waals surface area contributed by atoms with Gasteiger partial charge in [0.2, 0.25) is 0 Å². The molecule has 5 nitrogen and oxygen atoms in total. The summed E-state index contributed by atoms with van der Waals surface area (Å²) < 4.78 is 9.93. The molecule has 1 amide bonds. The van der Waals surface area contributed by atoms with Gasteiger partial charge in [-0.25, -0.2) is 4.79 Å². The Bertz CT molecular complexity index is 302. The first kappa shape index (κ1) is 14.0. The average molecular weight is 243 g/mol. The van der Waals surface area contributed by atoms with E-state index < -0.39 is 17.1 Å². The van der Waals surface area contributed by atoms with Crippen LogP contribution in [0.4, 0.5) is 4.79 Å². The van der Waals surface area contributed by atoms with E-state index in [9.17, 15) is 9.59 Å². The zero-order valence-electron chi connectivity index (χ0n) is 11.0. The van der Waals surface area contributed by atoms with Gasteiger partial charge in [0.05, 0.1) is 0 Å². The monoisotopic (exact) mass is 243 g/mol. The summed E-state index contributed by atoms with van der Waals surface area (Å²) in [5, 5.41) is 2.64. The molecule has 1 aliphatic carbocycles. The molecule has 1 aliphatic rings. The zero-order valence-corrected chi connectivity index (χ0v) is 11.0. The second-order valence-electron chi connectivity index (χ2n) is 5.49. The number of methoxy groups -OCH3 is 1. The standard InChI is InChI=1S/C12H21NO4/c1-11(2,3)17-10(15)13-8-12(5-6-12)9(14)7-16-4/h5-8H2,1-4H3,(H,13,15). The molecule has 0 radical (unpaired) electrons. The van der Waals surface area contributed by atoms with Crippen molar-refractivity contribution in [2.75, 3.05) is 20.3 Å². The van der Waals surface area contributed by atoms with E-state index in [1.165, 1.54) is 7.11 Å². The highest BCUT2D eigenvalue weighted by molar-refractivity contribution is 5.89. The van der Waals surface area contributed by atoms with Crippen LogP contribution in [0.2, 0.25) is 0 Å². The normalized spacial score (nSPS) is 17.4. The summed E-state index contributed by atoms with van der Waals surface area (Å²) in [6, 6.07) is 0. The molecule has 1 fully saturated rings. The Balaban J connectivity index is 2.36. The molecule has 17 heavy (non-hydrogen) atoms. The first-order valence-corrected chi connectivity index (χ1v) is 5.78. The third-order valence-electron chi connectivity index (χ3n) is 2.69. The highest BCUT2D eigenvalue weighted by atomic mass is 16.6. The molecule has 1 rings (SSSR count). The van der Waals surface area contributed by atoms with Crippen LogP contribution in [-0.4, -0.2) is 37.7 Å². The first-order chi connectivity index (χ1) is 7.79. The number of alkyl carbamates (subject to hydrolysis) is 1. The predicted octanol–water partition coefficient (Wildman–Crippen LogP) is 1.51. The van der Waals surface area contributed by atoms with Crippen LogP contribution >= 0.6 is 0 Å². The lowest BCUT2D eigenvalue weighted by atomic mass is 10.0. The zero-order chi connectivity index (χ0) is 13.1. The Morgan fingerprint density at radius 3 is 2.29 bits per heavy atom. The number of hydrogen-bond acceptors (Lipinski definition) is 4. The lowest BCUT2D eigenvalue weighted by Gasteiger charge is -2.21. The summed E-state index contributed by atoms with van der Waals surface area (Å²) in [4.78, 5) is 23.1. The first-order valence-electron chi connectivity index (χ1n) is 5.78.